The van der Waals surface area contributed by atoms with Crippen molar-refractivity contribution in [2.45, 2.75) is 6.92 Å². The van der Waals surface area contributed by atoms with E-state index < -0.39 is 17.3 Å². The molecule has 2 aromatic carbocycles. The molecule has 0 amide bonds. The number of esters is 1. The van der Waals surface area contributed by atoms with E-state index in [1.54, 1.807) is 55.7 Å². The summed E-state index contributed by atoms with van der Waals surface area (Å²) in [6.07, 6.45) is 6.25. The zero-order chi connectivity index (χ0) is 25.9. The summed E-state index contributed by atoms with van der Waals surface area (Å²) in [6.45, 7) is 1.63. The maximum absolute atomic E-state index is 13.4. The van der Waals surface area contributed by atoms with Crippen LogP contribution in [0.5, 0.6) is 0 Å². The summed E-state index contributed by atoms with van der Waals surface area (Å²) in [5.41, 5.74) is 2.37. The topological polar surface area (TPSA) is 115 Å². The molecule has 0 saturated heterocycles. The number of oxazole rings is 1. The molecule has 3 aromatic heterocycles. The second kappa shape index (κ2) is 9.87. The van der Waals surface area contributed by atoms with E-state index in [-0.39, 0.29) is 17.0 Å². The van der Waals surface area contributed by atoms with E-state index >= 15 is 0 Å². The predicted octanol–water partition coefficient (Wildman–Crippen LogP) is 5.24. The average molecular weight is 492 g/mol. The van der Waals surface area contributed by atoms with E-state index in [4.69, 9.17) is 9.15 Å². The van der Waals surface area contributed by atoms with Crippen molar-refractivity contribution in [1.29, 1.82) is 0 Å². The number of aryl methyl sites for hydroxylation is 1. The highest BCUT2D eigenvalue weighted by molar-refractivity contribution is 6.15. The number of hydrogen-bond acceptors (Lipinski definition) is 7. The first-order chi connectivity index (χ1) is 18.0. The normalized spacial score (nSPS) is 11.2. The lowest BCUT2D eigenvalue weighted by atomic mass is 9.93. The first kappa shape index (κ1) is 23.6. The molecule has 0 atom stereocenters. The summed E-state index contributed by atoms with van der Waals surface area (Å²) < 4.78 is 10.6. The Bertz CT molecular complexity index is 1720. The third kappa shape index (κ3) is 4.60. The number of fused-ring (bicyclic) bond motifs is 1. The Labute approximate surface area is 211 Å². The Morgan fingerprint density at radius 1 is 1.03 bits per heavy atom. The highest BCUT2D eigenvalue weighted by atomic mass is 16.5. The molecule has 0 aliphatic rings. The predicted molar refractivity (Wildman–Crippen MR) is 139 cm³/mol. The van der Waals surface area contributed by atoms with Crippen molar-refractivity contribution in [2.75, 3.05) is 7.11 Å². The average Bonchev–Trinajstić information content (AvgIpc) is 3.33. The lowest BCUT2D eigenvalue weighted by Gasteiger charge is -2.12. The number of H-pyrrole nitrogens is 1. The highest BCUT2D eigenvalue weighted by Crippen LogP contribution is 2.34. The lowest BCUT2D eigenvalue weighted by Crippen LogP contribution is -2.18. The van der Waals surface area contributed by atoms with Crippen LogP contribution in [0.1, 0.15) is 32.3 Å². The Kier molecular flexibility index (Phi) is 6.30. The number of pyridine rings is 2. The van der Waals surface area contributed by atoms with Crippen LogP contribution < -0.4 is 5.56 Å². The van der Waals surface area contributed by atoms with E-state index in [0.29, 0.717) is 33.5 Å². The molecular weight excluding hydrogens is 470 g/mol. The number of benzene rings is 2. The maximum Gasteiger partial charge on any atom is 0.360 e. The molecule has 0 bridgehead atoms. The van der Waals surface area contributed by atoms with Gasteiger partial charge in [-0.05, 0) is 35.9 Å². The molecule has 0 fully saturated rings. The molecule has 3 heterocycles. The van der Waals surface area contributed by atoms with Crippen LogP contribution in [-0.4, -0.2) is 33.8 Å². The van der Waals surface area contributed by atoms with Crippen LogP contribution in [-0.2, 0) is 4.74 Å². The van der Waals surface area contributed by atoms with Gasteiger partial charge in [0.25, 0.3) is 5.56 Å². The highest BCUT2D eigenvalue weighted by Gasteiger charge is 2.24. The number of methoxy groups -OCH3 is 1. The number of nitrogens with one attached hydrogen (secondary N) is 1. The third-order valence-corrected chi connectivity index (χ3v) is 5.81. The summed E-state index contributed by atoms with van der Waals surface area (Å²) >= 11 is 0. The summed E-state index contributed by atoms with van der Waals surface area (Å²) in [4.78, 5) is 50.1. The summed E-state index contributed by atoms with van der Waals surface area (Å²) in [6, 6.07) is 18.0. The summed E-state index contributed by atoms with van der Waals surface area (Å²) in [5.74, 6) is -0.567. The Balaban J connectivity index is 1.75. The quantitative estimate of drug-likeness (QED) is 0.196. The summed E-state index contributed by atoms with van der Waals surface area (Å²) in [5, 5.41) is 0.575. The van der Waals surface area contributed by atoms with Crippen molar-refractivity contribution >= 4 is 28.7 Å². The van der Waals surface area contributed by atoms with Gasteiger partial charge in [0.2, 0.25) is 0 Å². The number of ether oxygens (including phenoxy) is 1. The molecule has 0 spiro atoms. The van der Waals surface area contributed by atoms with Crippen LogP contribution in [0, 0.1) is 6.92 Å². The Morgan fingerprint density at radius 2 is 1.84 bits per heavy atom. The van der Waals surface area contributed by atoms with Crippen molar-refractivity contribution in [1.82, 2.24) is 15.0 Å². The van der Waals surface area contributed by atoms with Crippen LogP contribution in [0.2, 0.25) is 0 Å². The standard InChI is InChI=1S/C29H21N3O5/c1-17-31-26(29(35)36-2)27(37-17)19-11-12-22-21(15-19)24(20-9-6-14-30-16-20)25(28(34)32-22)23(33)13-10-18-7-4-3-5-8-18/h3-16H,1-2H3,(H,32,34). The molecule has 5 aromatic rings. The molecule has 0 unspecified atom stereocenters. The zero-order valence-electron chi connectivity index (χ0n) is 20.0. The van der Waals surface area contributed by atoms with E-state index in [0.717, 1.165) is 5.56 Å². The van der Waals surface area contributed by atoms with E-state index in [1.165, 1.54) is 13.2 Å². The van der Waals surface area contributed by atoms with Gasteiger partial charge in [0.1, 0.15) is 0 Å². The maximum atomic E-state index is 13.4. The van der Waals surface area contributed by atoms with Gasteiger partial charge in [-0.2, -0.15) is 0 Å². The van der Waals surface area contributed by atoms with E-state index in [9.17, 15) is 14.4 Å². The molecule has 0 saturated carbocycles. The molecule has 37 heavy (non-hydrogen) atoms. The molecule has 0 radical (unpaired) electrons. The van der Waals surface area contributed by atoms with Crippen LogP contribution in [0.25, 0.3) is 39.4 Å². The second-order valence-electron chi connectivity index (χ2n) is 8.22. The minimum absolute atomic E-state index is 0.0215. The number of ketones is 1. The molecule has 0 aliphatic carbocycles. The van der Waals surface area contributed by atoms with Gasteiger partial charge < -0.3 is 14.1 Å². The van der Waals surface area contributed by atoms with Crippen molar-refractivity contribution < 1.29 is 18.7 Å². The van der Waals surface area contributed by atoms with Crippen molar-refractivity contribution in [3.05, 3.63) is 112 Å². The number of carbonyl (C=O) groups is 2. The molecule has 1 N–H and O–H groups in total. The number of aromatic amines is 1. The van der Waals surface area contributed by atoms with Crippen molar-refractivity contribution in [2.24, 2.45) is 0 Å². The fourth-order valence-electron chi connectivity index (χ4n) is 4.16. The zero-order valence-corrected chi connectivity index (χ0v) is 20.0. The van der Waals surface area contributed by atoms with Gasteiger partial charge in [0.05, 0.1) is 12.7 Å². The molecular formula is C29H21N3O5. The van der Waals surface area contributed by atoms with E-state index in [1.807, 2.05) is 30.3 Å². The second-order valence-corrected chi connectivity index (χ2v) is 8.22. The number of aromatic nitrogens is 3. The van der Waals surface area contributed by atoms with Crippen LogP contribution >= 0.6 is 0 Å². The fourth-order valence-corrected chi connectivity index (χ4v) is 4.16. The molecule has 0 aliphatic heterocycles. The van der Waals surface area contributed by atoms with Crippen LogP contribution in [0.15, 0.2) is 88.3 Å². The Morgan fingerprint density at radius 3 is 2.57 bits per heavy atom. The van der Waals surface area contributed by atoms with E-state index in [2.05, 4.69) is 15.0 Å². The largest absolute Gasteiger partial charge is 0.464 e. The third-order valence-electron chi connectivity index (χ3n) is 5.81. The molecule has 8 nitrogen and oxygen atoms in total. The van der Waals surface area contributed by atoms with Gasteiger partial charge in [-0.1, -0.05) is 42.5 Å². The number of rotatable bonds is 6. The fraction of sp³-hybridized carbons (Fsp3) is 0.0690. The minimum atomic E-state index is -0.636. The monoisotopic (exact) mass is 491 g/mol. The molecule has 5 rings (SSSR count). The lowest BCUT2D eigenvalue weighted by molar-refractivity contribution is 0.0595. The number of nitrogens with zero attached hydrogens (tertiary/aromatic N) is 2. The van der Waals surface area contributed by atoms with Gasteiger partial charge in [0, 0.05) is 46.9 Å². The van der Waals surface area contributed by atoms with Gasteiger partial charge in [-0.3, -0.25) is 14.6 Å². The number of hydrogen-bond donors (Lipinski definition) is 1. The van der Waals surface area contributed by atoms with Crippen LogP contribution in [0.4, 0.5) is 0 Å². The molecule has 8 heteroatoms. The Hall–Kier alpha value is -5.11. The van der Waals surface area contributed by atoms with Gasteiger partial charge in [-0.25, -0.2) is 9.78 Å². The number of allylic oxidation sites excluding steroid dienone is 1. The SMILES string of the molecule is COC(=O)c1nc(C)oc1-c1ccc2[nH]c(=O)c(C(=O)C=Cc3ccccc3)c(-c3cccnc3)c2c1. The smallest absolute Gasteiger partial charge is 0.360 e. The van der Waals surface area contributed by atoms with Crippen molar-refractivity contribution in [3.8, 4) is 22.5 Å². The van der Waals surface area contributed by atoms with Gasteiger partial charge >= 0.3 is 5.97 Å². The van der Waals surface area contributed by atoms with Crippen molar-refractivity contribution in [3.63, 3.8) is 0 Å². The first-order valence-electron chi connectivity index (χ1n) is 11.4. The summed E-state index contributed by atoms with van der Waals surface area (Å²) in [7, 11) is 1.27. The first-order valence-corrected chi connectivity index (χ1v) is 11.4. The van der Waals surface area contributed by atoms with Gasteiger partial charge in [0.15, 0.2) is 23.1 Å². The molecule has 182 valence electrons. The minimum Gasteiger partial charge on any atom is -0.464 e. The number of carbonyl (C=O) groups excluding carboxylic acids is 2. The van der Waals surface area contributed by atoms with Crippen LogP contribution in [0.3, 0.4) is 0 Å². The van der Waals surface area contributed by atoms with Gasteiger partial charge in [-0.15, -0.1) is 0 Å².